The second-order valence-corrected chi connectivity index (χ2v) is 3.17. The van der Waals surface area contributed by atoms with Crippen LogP contribution in [0.25, 0.3) is 0 Å². The molecular weight excluding hydrogens is 302 g/mol. The number of rotatable bonds is 4. The highest BCUT2D eigenvalue weighted by molar-refractivity contribution is 9.10. The van der Waals surface area contributed by atoms with Crippen molar-refractivity contribution in [3.05, 3.63) is 11.8 Å². The Morgan fingerprint density at radius 3 is 2.85 bits per heavy atom. The quantitative estimate of drug-likeness (QED) is 0.685. The number of nitrogens with zero attached hydrogens (tertiary/aromatic N) is 2. The first kappa shape index (κ1) is 10.7. The van der Waals surface area contributed by atoms with Crippen molar-refractivity contribution in [2.45, 2.75) is 12.3 Å². The summed E-state index contributed by atoms with van der Waals surface area (Å²) in [6.45, 7) is 2.47. The van der Waals surface area contributed by atoms with Gasteiger partial charge in [0.2, 0.25) is 0 Å². The molecule has 0 aliphatic carbocycles. The molecule has 0 amide bonds. The summed E-state index contributed by atoms with van der Waals surface area (Å²) in [7, 11) is 0. The van der Waals surface area contributed by atoms with Crippen LogP contribution >= 0.6 is 32.1 Å². The fourth-order valence-electron chi connectivity index (χ4n) is 0.797. The highest BCUT2D eigenvalue weighted by atomic mass is 79.9. The van der Waals surface area contributed by atoms with E-state index in [2.05, 4.69) is 46.6 Å². The van der Waals surface area contributed by atoms with E-state index < -0.39 is 0 Å². The summed E-state index contributed by atoms with van der Waals surface area (Å²) in [6, 6.07) is 1.86. The molecule has 0 radical (unpaired) electrons. The summed E-state index contributed by atoms with van der Waals surface area (Å²) >= 11 is 6.43. The molecule has 1 rings (SSSR count). The van der Waals surface area contributed by atoms with Crippen molar-refractivity contribution >= 4 is 37.8 Å². The zero-order valence-corrected chi connectivity index (χ0v) is 10.2. The van der Waals surface area contributed by atoms with Crippen molar-refractivity contribution in [1.29, 1.82) is 0 Å². The van der Waals surface area contributed by atoms with Crippen LogP contribution in [0.3, 0.4) is 0 Å². The van der Waals surface area contributed by atoms with Crippen LogP contribution in [-0.4, -0.2) is 16.8 Å². The predicted molar refractivity (Wildman–Crippen MR) is 58.4 cm³/mol. The number of hydrogen-bond acceptors (Lipinski definition) is 4. The third kappa shape index (κ3) is 2.80. The number of halogens is 2. The molecule has 0 unspecified atom stereocenters. The number of ether oxygens (including phenoxy) is 1. The average molecular weight is 311 g/mol. The Bertz CT molecular complexity index is 282. The zero-order chi connectivity index (χ0) is 9.68. The van der Waals surface area contributed by atoms with E-state index >= 15 is 0 Å². The van der Waals surface area contributed by atoms with Crippen molar-refractivity contribution in [2.24, 2.45) is 0 Å². The summed E-state index contributed by atoms with van der Waals surface area (Å²) in [5.41, 5.74) is 1.64. The molecule has 0 fully saturated rings. The standard InChI is InChI=1S/C7H9Br2N3O/c1-2-13-7-6(10-9)3-5(4-8)11-12-7/h3H,2,4H2,1H3,(H,10,11). The Hall–Kier alpha value is -0.360. The molecule has 1 N–H and O–H groups in total. The highest BCUT2D eigenvalue weighted by Gasteiger charge is 2.05. The number of anilines is 1. The maximum Gasteiger partial charge on any atom is 0.257 e. The smallest absolute Gasteiger partial charge is 0.257 e. The Morgan fingerprint density at radius 2 is 2.31 bits per heavy atom. The molecule has 0 saturated heterocycles. The Kier molecular flexibility index (Phi) is 4.44. The molecule has 1 heterocycles. The van der Waals surface area contributed by atoms with Gasteiger partial charge < -0.3 is 9.08 Å². The number of nitrogens with one attached hydrogen (secondary N) is 1. The van der Waals surface area contributed by atoms with Gasteiger partial charge in [0.15, 0.2) is 0 Å². The Morgan fingerprint density at radius 1 is 1.54 bits per heavy atom. The van der Waals surface area contributed by atoms with Crippen molar-refractivity contribution in [1.82, 2.24) is 10.2 Å². The zero-order valence-electron chi connectivity index (χ0n) is 7.05. The van der Waals surface area contributed by atoms with E-state index in [4.69, 9.17) is 4.74 Å². The van der Waals surface area contributed by atoms with E-state index in [-0.39, 0.29) is 0 Å². The molecule has 72 valence electrons. The minimum absolute atomic E-state index is 0.504. The van der Waals surface area contributed by atoms with Gasteiger partial charge in [-0.2, -0.15) is 5.10 Å². The molecule has 0 spiro atoms. The van der Waals surface area contributed by atoms with E-state index in [9.17, 15) is 0 Å². The van der Waals surface area contributed by atoms with E-state index in [1.165, 1.54) is 0 Å². The van der Waals surface area contributed by atoms with Gasteiger partial charge in [-0.15, -0.1) is 5.10 Å². The average Bonchev–Trinajstić information content (AvgIpc) is 2.19. The lowest BCUT2D eigenvalue weighted by molar-refractivity contribution is 0.324. The van der Waals surface area contributed by atoms with Crippen LogP contribution < -0.4 is 9.08 Å². The molecule has 0 aromatic carbocycles. The second-order valence-electron chi connectivity index (χ2n) is 2.22. The first-order valence-corrected chi connectivity index (χ1v) is 5.65. The summed E-state index contributed by atoms with van der Waals surface area (Å²) in [4.78, 5) is 0. The SMILES string of the molecule is CCOc1nnc(CBr)cc1NBr. The topological polar surface area (TPSA) is 47.0 Å². The van der Waals surface area contributed by atoms with E-state index in [0.29, 0.717) is 17.8 Å². The van der Waals surface area contributed by atoms with Gasteiger partial charge in [0.25, 0.3) is 5.88 Å². The predicted octanol–water partition coefficient (Wildman–Crippen LogP) is 2.49. The third-order valence-corrected chi connectivity index (χ3v) is 2.33. The van der Waals surface area contributed by atoms with Gasteiger partial charge in [-0.3, -0.25) is 0 Å². The number of aromatic nitrogens is 2. The number of alkyl halides is 1. The van der Waals surface area contributed by atoms with Crippen LogP contribution in [0.5, 0.6) is 5.88 Å². The first-order chi connectivity index (χ1) is 6.31. The lowest BCUT2D eigenvalue weighted by atomic mass is 10.4. The molecular formula is C7H9Br2N3O. The molecule has 0 aliphatic heterocycles. The molecule has 0 atom stereocenters. The minimum atomic E-state index is 0.504. The first-order valence-electron chi connectivity index (χ1n) is 3.73. The maximum absolute atomic E-state index is 5.25. The highest BCUT2D eigenvalue weighted by Crippen LogP contribution is 2.23. The summed E-state index contributed by atoms with van der Waals surface area (Å²) in [5.74, 6) is 0.504. The molecule has 0 aliphatic rings. The fourth-order valence-corrected chi connectivity index (χ4v) is 1.36. The summed E-state index contributed by atoms with van der Waals surface area (Å²) < 4.78 is 8.07. The van der Waals surface area contributed by atoms with E-state index in [1.807, 2.05) is 13.0 Å². The summed E-state index contributed by atoms with van der Waals surface area (Å²) in [6.07, 6.45) is 0. The second kappa shape index (κ2) is 5.39. The number of hydrogen-bond donors (Lipinski definition) is 1. The Labute approximate surface area is 93.5 Å². The molecule has 1 aromatic heterocycles. The maximum atomic E-state index is 5.25. The summed E-state index contributed by atoms with van der Waals surface area (Å²) in [5, 5.41) is 8.53. The van der Waals surface area contributed by atoms with Gasteiger partial charge in [0.1, 0.15) is 5.69 Å². The van der Waals surface area contributed by atoms with Crippen molar-refractivity contribution in [2.75, 3.05) is 10.9 Å². The van der Waals surface area contributed by atoms with Crippen molar-refractivity contribution in [3.63, 3.8) is 0 Å². The van der Waals surface area contributed by atoms with Gasteiger partial charge in [0.05, 0.1) is 12.3 Å². The normalized spacial score (nSPS) is 9.77. The molecule has 0 bridgehead atoms. The van der Waals surface area contributed by atoms with Gasteiger partial charge in [-0.05, 0) is 13.0 Å². The molecule has 1 aromatic rings. The lowest BCUT2D eigenvalue weighted by Crippen LogP contribution is -2.01. The van der Waals surface area contributed by atoms with Crippen molar-refractivity contribution < 1.29 is 4.74 Å². The largest absolute Gasteiger partial charge is 0.475 e. The van der Waals surface area contributed by atoms with E-state index in [0.717, 1.165) is 11.4 Å². The molecule has 4 nitrogen and oxygen atoms in total. The third-order valence-electron chi connectivity index (χ3n) is 1.33. The fraction of sp³-hybridized carbons (Fsp3) is 0.429. The molecule has 13 heavy (non-hydrogen) atoms. The van der Waals surface area contributed by atoms with Gasteiger partial charge >= 0.3 is 0 Å². The van der Waals surface area contributed by atoms with Crippen LogP contribution in [0.1, 0.15) is 12.6 Å². The van der Waals surface area contributed by atoms with Gasteiger partial charge in [-0.25, -0.2) is 0 Å². The van der Waals surface area contributed by atoms with Crippen molar-refractivity contribution in [3.8, 4) is 5.88 Å². The van der Waals surface area contributed by atoms with Crippen LogP contribution in [-0.2, 0) is 5.33 Å². The van der Waals surface area contributed by atoms with Gasteiger partial charge in [-0.1, -0.05) is 15.9 Å². The monoisotopic (exact) mass is 309 g/mol. The minimum Gasteiger partial charge on any atom is -0.475 e. The van der Waals surface area contributed by atoms with Crippen LogP contribution in [0.15, 0.2) is 6.07 Å². The van der Waals surface area contributed by atoms with Crippen LogP contribution in [0.4, 0.5) is 5.69 Å². The Balaban J connectivity index is 2.93. The molecule has 6 heteroatoms. The van der Waals surface area contributed by atoms with Gasteiger partial charge in [0, 0.05) is 21.5 Å². The van der Waals surface area contributed by atoms with Crippen LogP contribution in [0, 0.1) is 0 Å². The van der Waals surface area contributed by atoms with E-state index in [1.54, 1.807) is 0 Å². The molecule has 0 saturated carbocycles. The van der Waals surface area contributed by atoms with Crippen LogP contribution in [0.2, 0.25) is 0 Å². The lowest BCUT2D eigenvalue weighted by Gasteiger charge is -2.06.